The third kappa shape index (κ3) is 2.42. The van der Waals surface area contributed by atoms with Gasteiger partial charge in [-0.2, -0.15) is 0 Å². The summed E-state index contributed by atoms with van der Waals surface area (Å²) in [6, 6.07) is 9.36. The zero-order valence-corrected chi connectivity index (χ0v) is 13.1. The Hall–Kier alpha value is -2.21. The second-order valence-electron chi connectivity index (χ2n) is 4.63. The van der Waals surface area contributed by atoms with E-state index in [9.17, 15) is 4.79 Å². The van der Waals surface area contributed by atoms with Crippen molar-refractivity contribution in [3.8, 4) is 11.4 Å². The largest absolute Gasteiger partial charge is 0.465 e. The number of methoxy groups -OCH3 is 1. The Kier molecular flexibility index (Phi) is 3.47. The van der Waals surface area contributed by atoms with E-state index in [4.69, 9.17) is 4.74 Å². The number of carbonyl (C=O) groups excluding carboxylic acids is 1. The van der Waals surface area contributed by atoms with Gasteiger partial charge < -0.3 is 4.74 Å². The first-order valence-corrected chi connectivity index (χ1v) is 7.09. The normalized spacial score (nSPS) is 10.8. The number of pyridine rings is 1. The molecule has 3 rings (SSSR count). The molecule has 1 aromatic carbocycles. The molecule has 106 valence electrons. The number of benzene rings is 1. The summed E-state index contributed by atoms with van der Waals surface area (Å²) >= 11 is 3.48. The fraction of sp³-hybridized carbons (Fsp3) is 0.133. The predicted molar refractivity (Wildman–Crippen MR) is 82.2 cm³/mol. The summed E-state index contributed by atoms with van der Waals surface area (Å²) in [7, 11) is 1.36. The summed E-state index contributed by atoms with van der Waals surface area (Å²) in [5.74, 6) is 0.301. The summed E-state index contributed by atoms with van der Waals surface area (Å²) in [5.41, 5.74) is 3.18. The average Bonchev–Trinajstić information content (AvgIpc) is 2.92. The van der Waals surface area contributed by atoms with Gasteiger partial charge in [0, 0.05) is 16.2 Å². The highest BCUT2D eigenvalue weighted by Gasteiger charge is 2.12. The number of aryl methyl sites for hydroxylation is 1. The molecule has 3 aromatic rings. The molecule has 0 aliphatic heterocycles. The Labute approximate surface area is 129 Å². The standard InChI is InChI=1S/C15H12BrN3O2/c1-9-7-10(3-5-12(9)16)14-18-17-13-6-4-11(8-19(13)14)15(20)21-2/h3-8H,1-2H3. The minimum atomic E-state index is -0.386. The minimum absolute atomic E-state index is 0.386. The van der Waals surface area contributed by atoms with Crippen LogP contribution in [0.15, 0.2) is 41.0 Å². The second-order valence-corrected chi connectivity index (χ2v) is 5.48. The van der Waals surface area contributed by atoms with E-state index in [0.717, 1.165) is 15.6 Å². The molecule has 0 atom stereocenters. The topological polar surface area (TPSA) is 56.5 Å². The van der Waals surface area contributed by atoms with Gasteiger partial charge in [-0.25, -0.2) is 4.79 Å². The third-order valence-corrected chi connectivity index (χ3v) is 4.13. The Balaban J connectivity index is 2.18. The lowest BCUT2D eigenvalue weighted by molar-refractivity contribution is 0.0600. The first-order valence-electron chi connectivity index (χ1n) is 6.30. The maximum Gasteiger partial charge on any atom is 0.339 e. The van der Waals surface area contributed by atoms with Crippen molar-refractivity contribution in [2.45, 2.75) is 6.92 Å². The van der Waals surface area contributed by atoms with Gasteiger partial charge in [0.1, 0.15) is 0 Å². The van der Waals surface area contributed by atoms with E-state index in [1.165, 1.54) is 7.11 Å². The van der Waals surface area contributed by atoms with E-state index < -0.39 is 0 Å². The maximum absolute atomic E-state index is 11.6. The molecular formula is C15H12BrN3O2. The zero-order valence-electron chi connectivity index (χ0n) is 11.5. The number of esters is 1. The van der Waals surface area contributed by atoms with Crippen molar-refractivity contribution < 1.29 is 9.53 Å². The summed E-state index contributed by atoms with van der Waals surface area (Å²) in [5, 5.41) is 8.33. The van der Waals surface area contributed by atoms with Crippen molar-refractivity contribution >= 4 is 27.5 Å². The van der Waals surface area contributed by atoms with Gasteiger partial charge in [0.2, 0.25) is 0 Å². The highest BCUT2D eigenvalue weighted by Crippen LogP contribution is 2.24. The lowest BCUT2D eigenvalue weighted by atomic mass is 10.1. The van der Waals surface area contributed by atoms with Gasteiger partial charge in [-0.05, 0) is 36.8 Å². The fourth-order valence-electron chi connectivity index (χ4n) is 2.11. The van der Waals surface area contributed by atoms with Crippen LogP contribution in [0.3, 0.4) is 0 Å². The molecule has 0 aliphatic carbocycles. The smallest absolute Gasteiger partial charge is 0.339 e. The molecule has 0 amide bonds. The van der Waals surface area contributed by atoms with Crippen molar-refractivity contribution in [1.29, 1.82) is 0 Å². The lowest BCUT2D eigenvalue weighted by Gasteiger charge is -2.04. The Bertz CT molecular complexity index is 842. The van der Waals surface area contributed by atoms with E-state index in [0.29, 0.717) is 17.0 Å². The highest BCUT2D eigenvalue weighted by atomic mass is 79.9. The number of ether oxygens (including phenoxy) is 1. The van der Waals surface area contributed by atoms with Crippen molar-refractivity contribution in [2.75, 3.05) is 7.11 Å². The van der Waals surface area contributed by atoms with Crippen LogP contribution in [0.5, 0.6) is 0 Å². The quantitative estimate of drug-likeness (QED) is 0.669. The molecule has 2 heterocycles. The van der Waals surface area contributed by atoms with Gasteiger partial charge in [0.15, 0.2) is 11.5 Å². The van der Waals surface area contributed by atoms with E-state index in [2.05, 4.69) is 26.1 Å². The molecule has 21 heavy (non-hydrogen) atoms. The highest BCUT2D eigenvalue weighted by molar-refractivity contribution is 9.10. The summed E-state index contributed by atoms with van der Waals surface area (Å²) in [6.07, 6.45) is 1.69. The van der Waals surface area contributed by atoms with Crippen molar-refractivity contribution in [2.24, 2.45) is 0 Å². The van der Waals surface area contributed by atoms with Crippen LogP contribution in [0.25, 0.3) is 17.0 Å². The van der Waals surface area contributed by atoms with Crippen LogP contribution in [0.1, 0.15) is 15.9 Å². The fourth-order valence-corrected chi connectivity index (χ4v) is 2.36. The number of hydrogen-bond donors (Lipinski definition) is 0. The molecule has 0 unspecified atom stereocenters. The number of hydrogen-bond acceptors (Lipinski definition) is 4. The summed E-state index contributed by atoms with van der Waals surface area (Å²) < 4.78 is 7.57. The van der Waals surface area contributed by atoms with Crippen molar-refractivity contribution in [3.05, 3.63) is 52.1 Å². The number of halogens is 1. The van der Waals surface area contributed by atoms with Crippen LogP contribution in [0.2, 0.25) is 0 Å². The monoisotopic (exact) mass is 345 g/mol. The zero-order chi connectivity index (χ0) is 15.0. The van der Waals surface area contributed by atoms with Crippen LogP contribution >= 0.6 is 15.9 Å². The predicted octanol–water partition coefficient (Wildman–Crippen LogP) is 3.25. The summed E-state index contributed by atoms with van der Waals surface area (Å²) in [4.78, 5) is 11.6. The average molecular weight is 346 g/mol. The molecule has 0 saturated carbocycles. The molecule has 0 N–H and O–H groups in total. The third-order valence-electron chi connectivity index (χ3n) is 3.24. The molecule has 5 nitrogen and oxygen atoms in total. The van der Waals surface area contributed by atoms with E-state index in [-0.39, 0.29) is 5.97 Å². The second kappa shape index (κ2) is 5.29. The van der Waals surface area contributed by atoms with Gasteiger partial charge in [-0.3, -0.25) is 4.40 Å². The number of fused-ring (bicyclic) bond motifs is 1. The SMILES string of the molecule is COC(=O)c1ccc2nnc(-c3ccc(Br)c(C)c3)n2c1. The first-order chi connectivity index (χ1) is 10.1. The minimum Gasteiger partial charge on any atom is -0.465 e. The molecule has 0 fully saturated rings. The van der Waals surface area contributed by atoms with E-state index in [1.807, 2.05) is 25.1 Å². The van der Waals surface area contributed by atoms with Crippen LogP contribution < -0.4 is 0 Å². The summed E-state index contributed by atoms with van der Waals surface area (Å²) in [6.45, 7) is 2.01. The number of aromatic nitrogens is 3. The Morgan fingerprint density at radius 3 is 2.76 bits per heavy atom. The Morgan fingerprint density at radius 1 is 1.24 bits per heavy atom. The van der Waals surface area contributed by atoms with Gasteiger partial charge in [-0.1, -0.05) is 22.0 Å². The first kappa shape index (κ1) is 13.8. The molecule has 0 saturated heterocycles. The molecule has 0 aliphatic rings. The van der Waals surface area contributed by atoms with Gasteiger partial charge in [0.25, 0.3) is 0 Å². The van der Waals surface area contributed by atoms with Crippen LogP contribution in [-0.4, -0.2) is 27.7 Å². The van der Waals surface area contributed by atoms with Gasteiger partial charge in [0.05, 0.1) is 12.7 Å². The van der Waals surface area contributed by atoms with Gasteiger partial charge >= 0.3 is 5.97 Å². The van der Waals surface area contributed by atoms with Crippen molar-refractivity contribution in [1.82, 2.24) is 14.6 Å². The molecule has 6 heteroatoms. The van der Waals surface area contributed by atoms with E-state index >= 15 is 0 Å². The van der Waals surface area contributed by atoms with Crippen LogP contribution in [0, 0.1) is 6.92 Å². The molecule has 0 spiro atoms. The van der Waals surface area contributed by atoms with Crippen molar-refractivity contribution in [3.63, 3.8) is 0 Å². The number of rotatable bonds is 2. The lowest BCUT2D eigenvalue weighted by Crippen LogP contribution is -2.03. The maximum atomic E-state index is 11.6. The Morgan fingerprint density at radius 2 is 2.05 bits per heavy atom. The molecule has 2 aromatic heterocycles. The van der Waals surface area contributed by atoms with Crippen LogP contribution in [0.4, 0.5) is 0 Å². The number of nitrogens with zero attached hydrogens (tertiary/aromatic N) is 3. The molecule has 0 bridgehead atoms. The number of carbonyl (C=O) groups is 1. The van der Waals surface area contributed by atoms with Gasteiger partial charge in [-0.15, -0.1) is 10.2 Å². The molecule has 0 radical (unpaired) electrons. The van der Waals surface area contributed by atoms with E-state index in [1.54, 1.807) is 22.7 Å². The van der Waals surface area contributed by atoms with Crippen LogP contribution in [-0.2, 0) is 4.74 Å². The molecular weight excluding hydrogens is 334 g/mol.